The number of carboxylic acid groups (broad SMARTS) is 1. The van der Waals surface area contributed by atoms with Crippen LogP contribution in [-0.2, 0) is 11.2 Å². The van der Waals surface area contributed by atoms with E-state index < -0.39 is 52.8 Å². The number of benzene rings is 2. The third-order valence-electron chi connectivity index (χ3n) is 3.29. The van der Waals surface area contributed by atoms with Gasteiger partial charge in [-0.2, -0.15) is 0 Å². The number of rotatable bonds is 5. The Morgan fingerprint density at radius 2 is 1.32 bits per heavy atom. The molecule has 0 atom stereocenters. The van der Waals surface area contributed by atoms with Crippen molar-refractivity contribution in [3.05, 3.63) is 76.1 Å². The van der Waals surface area contributed by atoms with E-state index in [2.05, 4.69) is 0 Å². The lowest BCUT2D eigenvalue weighted by atomic mass is 10.0. The van der Waals surface area contributed by atoms with E-state index in [4.69, 9.17) is 5.11 Å². The second kappa shape index (κ2) is 7.25. The van der Waals surface area contributed by atoms with E-state index in [0.717, 1.165) is 6.08 Å². The number of aliphatic carboxylic acids is 1. The van der Waals surface area contributed by atoms with Crippen molar-refractivity contribution in [3.63, 3.8) is 0 Å². The van der Waals surface area contributed by atoms with Crippen LogP contribution in [-0.4, -0.2) is 16.9 Å². The molecule has 0 radical (unpaired) electrons. The van der Waals surface area contributed by atoms with Gasteiger partial charge in [0.15, 0.2) is 29.1 Å². The number of carboxylic acids is 1. The van der Waals surface area contributed by atoms with Crippen molar-refractivity contribution in [2.45, 2.75) is 6.42 Å². The molecule has 3 nitrogen and oxygen atoms in total. The summed E-state index contributed by atoms with van der Waals surface area (Å²) in [6, 6.07) is 5.22. The van der Waals surface area contributed by atoms with Gasteiger partial charge in [-0.1, -0.05) is 24.3 Å². The zero-order chi connectivity index (χ0) is 18.7. The van der Waals surface area contributed by atoms with E-state index in [1.165, 1.54) is 30.3 Å². The SMILES string of the molecule is O=C(O)C=Cc1ccc(C(=O)Cc2c(F)c(F)c(F)c(F)c2F)cc1. The molecule has 8 heteroatoms. The molecule has 0 aliphatic rings. The summed E-state index contributed by atoms with van der Waals surface area (Å²) in [4.78, 5) is 22.4. The van der Waals surface area contributed by atoms with E-state index in [0.29, 0.717) is 5.56 Å². The Morgan fingerprint density at radius 1 is 0.840 bits per heavy atom. The Kier molecular flexibility index (Phi) is 5.31. The van der Waals surface area contributed by atoms with Crippen LogP contribution >= 0.6 is 0 Å². The fourth-order valence-corrected chi connectivity index (χ4v) is 2.02. The second-order valence-corrected chi connectivity index (χ2v) is 4.94. The predicted octanol–water partition coefficient (Wildman–Crippen LogP) is 3.91. The summed E-state index contributed by atoms with van der Waals surface area (Å²) in [5.74, 6) is -12.7. The van der Waals surface area contributed by atoms with Gasteiger partial charge in [0.2, 0.25) is 5.82 Å². The molecule has 0 saturated heterocycles. The molecule has 0 amide bonds. The smallest absolute Gasteiger partial charge is 0.328 e. The molecule has 2 aromatic carbocycles. The predicted molar refractivity (Wildman–Crippen MR) is 77.4 cm³/mol. The third kappa shape index (κ3) is 3.90. The first-order valence-electron chi connectivity index (χ1n) is 6.77. The van der Waals surface area contributed by atoms with Crippen LogP contribution in [0.25, 0.3) is 6.08 Å². The maximum Gasteiger partial charge on any atom is 0.328 e. The largest absolute Gasteiger partial charge is 0.478 e. The van der Waals surface area contributed by atoms with E-state index in [1.807, 2.05) is 0 Å². The molecule has 0 saturated carbocycles. The van der Waals surface area contributed by atoms with Crippen molar-refractivity contribution in [2.75, 3.05) is 0 Å². The lowest BCUT2D eigenvalue weighted by Gasteiger charge is -2.08. The lowest BCUT2D eigenvalue weighted by molar-refractivity contribution is -0.131. The Labute approximate surface area is 138 Å². The van der Waals surface area contributed by atoms with E-state index in [-0.39, 0.29) is 5.56 Å². The minimum atomic E-state index is -2.29. The molecule has 0 heterocycles. The lowest BCUT2D eigenvalue weighted by Crippen LogP contribution is -2.12. The summed E-state index contributed by atoms with van der Waals surface area (Å²) in [5.41, 5.74) is -0.803. The second-order valence-electron chi connectivity index (χ2n) is 4.94. The summed E-state index contributed by atoms with van der Waals surface area (Å²) in [6.07, 6.45) is 1.10. The molecule has 2 rings (SSSR count). The van der Waals surface area contributed by atoms with Gasteiger partial charge in [-0.25, -0.2) is 26.7 Å². The number of carbonyl (C=O) groups excluding carboxylic acids is 1. The summed E-state index contributed by atoms with van der Waals surface area (Å²) in [6.45, 7) is 0. The van der Waals surface area contributed by atoms with E-state index >= 15 is 0 Å². The van der Waals surface area contributed by atoms with Crippen LogP contribution < -0.4 is 0 Å². The van der Waals surface area contributed by atoms with Crippen molar-refractivity contribution >= 4 is 17.8 Å². The molecule has 0 spiro atoms. The highest BCUT2D eigenvalue weighted by atomic mass is 19.2. The van der Waals surface area contributed by atoms with Crippen LogP contribution in [0.1, 0.15) is 21.5 Å². The molecule has 2 aromatic rings. The van der Waals surface area contributed by atoms with Gasteiger partial charge in [0, 0.05) is 23.6 Å². The summed E-state index contributed by atoms with van der Waals surface area (Å²) >= 11 is 0. The van der Waals surface area contributed by atoms with Crippen molar-refractivity contribution in [2.24, 2.45) is 0 Å². The highest BCUT2D eigenvalue weighted by Crippen LogP contribution is 2.24. The van der Waals surface area contributed by atoms with Crippen LogP contribution in [0.2, 0.25) is 0 Å². The Hall–Kier alpha value is -3.03. The average Bonchev–Trinajstić information content (AvgIpc) is 2.60. The van der Waals surface area contributed by atoms with Crippen LogP contribution in [0.4, 0.5) is 22.0 Å². The van der Waals surface area contributed by atoms with Gasteiger partial charge in [0.1, 0.15) is 0 Å². The molecule has 0 bridgehead atoms. The first kappa shape index (κ1) is 18.3. The molecular formula is C17H9F5O3. The summed E-state index contributed by atoms with van der Waals surface area (Å²) < 4.78 is 66.4. The Morgan fingerprint density at radius 3 is 1.80 bits per heavy atom. The minimum absolute atomic E-state index is 0.0311. The Balaban J connectivity index is 2.28. The van der Waals surface area contributed by atoms with E-state index in [9.17, 15) is 31.5 Å². The molecule has 0 unspecified atom stereocenters. The van der Waals surface area contributed by atoms with Crippen LogP contribution in [0.15, 0.2) is 30.3 Å². The van der Waals surface area contributed by atoms with Gasteiger partial charge in [-0.15, -0.1) is 0 Å². The van der Waals surface area contributed by atoms with Gasteiger partial charge >= 0.3 is 5.97 Å². The maximum absolute atomic E-state index is 13.6. The van der Waals surface area contributed by atoms with Gasteiger partial charge in [-0.05, 0) is 11.6 Å². The molecule has 1 N–H and O–H groups in total. The summed E-state index contributed by atoms with van der Waals surface area (Å²) in [5, 5.41) is 8.50. The minimum Gasteiger partial charge on any atom is -0.478 e. The normalized spacial score (nSPS) is 11.1. The maximum atomic E-state index is 13.6. The Bertz CT molecular complexity index is 844. The monoisotopic (exact) mass is 356 g/mol. The standard InChI is InChI=1S/C17H9F5O3/c18-13-10(14(19)16(21)17(22)15(13)20)7-11(23)9-4-1-8(2-5-9)3-6-12(24)25/h1-6H,7H2,(H,24,25). The van der Waals surface area contributed by atoms with Crippen LogP contribution in [0, 0.1) is 29.1 Å². The first-order chi connectivity index (χ1) is 11.7. The highest BCUT2D eigenvalue weighted by molar-refractivity contribution is 5.97. The molecule has 0 aliphatic carbocycles. The van der Waals surface area contributed by atoms with Gasteiger partial charge in [0.05, 0.1) is 0 Å². The number of hydrogen-bond donors (Lipinski definition) is 1. The summed E-state index contributed by atoms with van der Waals surface area (Å²) in [7, 11) is 0. The van der Waals surface area contributed by atoms with Crippen LogP contribution in [0.3, 0.4) is 0 Å². The molecule has 25 heavy (non-hydrogen) atoms. The number of hydrogen-bond acceptors (Lipinski definition) is 2. The number of carbonyl (C=O) groups is 2. The van der Waals surface area contributed by atoms with Gasteiger partial charge in [-0.3, -0.25) is 4.79 Å². The third-order valence-corrected chi connectivity index (χ3v) is 3.29. The fraction of sp³-hybridized carbons (Fsp3) is 0.0588. The molecule has 130 valence electrons. The van der Waals surface area contributed by atoms with Crippen molar-refractivity contribution in [1.29, 1.82) is 0 Å². The van der Waals surface area contributed by atoms with Crippen LogP contribution in [0.5, 0.6) is 0 Å². The van der Waals surface area contributed by atoms with E-state index in [1.54, 1.807) is 0 Å². The molecular weight excluding hydrogens is 347 g/mol. The van der Waals surface area contributed by atoms with Crippen molar-refractivity contribution < 1.29 is 36.6 Å². The number of ketones is 1. The number of halogens is 5. The molecule has 0 aliphatic heterocycles. The fourth-order valence-electron chi connectivity index (χ4n) is 2.02. The van der Waals surface area contributed by atoms with Gasteiger partial charge in [0.25, 0.3) is 0 Å². The van der Waals surface area contributed by atoms with Gasteiger partial charge < -0.3 is 5.11 Å². The molecule has 0 aromatic heterocycles. The quantitative estimate of drug-likeness (QED) is 0.291. The van der Waals surface area contributed by atoms with Crippen molar-refractivity contribution in [1.82, 2.24) is 0 Å². The topological polar surface area (TPSA) is 54.4 Å². The molecule has 0 fully saturated rings. The first-order valence-corrected chi connectivity index (χ1v) is 6.77. The number of Topliss-reactive ketones (excluding diaryl/α,β-unsaturated/α-hetero) is 1. The van der Waals surface area contributed by atoms with Crippen molar-refractivity contribution in [3.8, 4) is 0 Å². The zero-order valence-electron chi connectivity index (χ0n) is 12.3. The average molecular weight is 356 g/mol. The highest BCUT2D eigenvalue weighted by Gasteiger charge is 2.27. The zero-order valence-corrected chi connectivity index (χ0v) is 12.3.